The topological polar surface area (TPSA) is 50.4 Å². The van der Waals surface area contributed by atoms with Gasteiger partial charge in [-0.15, -0.1) is 0 Å². The minimum atomic E-state index is -2.76. The van der Waals surface area contributed by atoms with Crippen molar-refractivity contribution in [1.29, 1.82) is 0 Å². The molecule has 0 bridgehead atoms. The van der Waals surface area contributed by atoms with Gasteiger partial charge in [-0.2, -0.15) is 0 Å². The molecule has 0 amide bonds. The summed E-state index contributed by atoms with van der Waals surface area (Å²) in [5.41, 5.74) is 0.183. The molecule has 0 aliphatic carbocycles. The van der Waals surface area contributed by atoms with Gasteiger partial charge < -0.3 is 9.84 Å². The van der Waals surface area contributed by atoms with Crippen LogP contribution in [0.25, 0.3) is 0 Å². The fourth-order valence-electron chi connectivity index (χ4n) is 2.32. The van der Waals surface area contributed by atoms with Crippen molar-refractivity contribution in [2.24, 2.45) is 5.41 Å². The van der Waals surface area contributed by atoms with Crippen LogP contribution < -0.4 is 10.4 Å². The monoisotopic (exact) mass is 306 g/mol. The largest absolute Gasteiger partial charge is 0.321 e. The summed E-state index contributed by atoms with van der Waals surface area (Å²) in [6.07, 6.45) is 4.44. The van der Waals surface area contributed by atoms with E-state index in [9.17, 15) is 4.57 Å². The fourth-order valence-corrected chi connectivity index (χ4v) is 4.08. The molecule has 20 heavy (non-hydrogen) atoms. The van der Waals surface area contributed by atoms with E-state index in [1.807, 2.05) is 14.0 Å². The normalized spacial score (nSPS) is 18.6. The Morgan fingerprint density at radius 3 is 2.25 bits per heavy atom. The standard InChI is InChI=1S/C15H35N2O2P/c1-8-9-10-11-13(2)20(18,19-7)17-12-14(16-6)15(3,4)5/h13-14,16H,8-12H2,1-7H3,(H,17,18). The van der Waals surface area contributed by atoms with Gasteiger partial charge in [0, 0.05) is 25.4 Å². The Morgan fingerprint density at radius 2 is 1.85 bits per heavy atom. The summed E-state index contributed by atoms with van der Waals surface area (Å²) in [7, 11) is 0.738. The first-order valence-corrected chi connectivity index (χ1v) is 9.48. The fraction of sp³-hybridized carbons (Fsp3) is 1.00. The number of hydrogen-bond donors (Lipinski definition) is 2. The van der Waals surface area contributed by atoms with Crippen molar-refractivity contribution in [1.82, 2.24) is 10.4 Å². The summed E-state index contributed by atoms with van der Waals surface area (Å²) in [6, 6.07) is 0.258. The summed E-state index contributed by atoms with van der Waals surface area (Å²) in [5, 5.41) is 6.49. The Hall–Kier alpha value is 0.110. The summed E-state index contributed by atoms with van der Waals surface area (Å²) < 4.78 is 18.2. The van der Waals surface area contributed by atoms with E-state index in [0.717, 1.165) is 12.8 Å². The third-order valence-electron chi connectivity index (χ3n) is 3.99. The molecule has 0 fully saturated rings. The average molecular weight is 306 g/mol. The third-order valence-corrected chi connectivity index (χ3v) is 6.57. The molecule has 0 aromatic rings. The first kappa shape index (κ1) is 20.1. The lowest BCUT2D eigenvalue weighted by molar-refractivity contribution is 0.276. The van der Waals surface area contributed by atoms with Gasteiger partial charge in [-0.1, -0.05) is 53.9 Å². The summed E-state index contributed by atoms with van der Waals surface area (Å²) >= 11 is 0. The minimum absolute atomic E-state index is 0.0662. The molecule has 3 atom stereocenters. The second-order valence-electron chi connectivity index (χ2n) is 6.69. The van der Waals surface area contributed by atoms with Gasteiger partial charge in [0.2, 0.25) is 0 Å². The molecule has 0 radical (unpaired) electrons. The Balaban J connectivity index is 4.53. The van der Waals surface area contributed by atoms with E-state index in [-0.39, 0.29) is 17.1 Å². The van der Waals surface area contributed by atoms with E-state index in [4.69, 9.17) is 4.52 Å². The second kappa shape index (κ2) is 9.19. The highest BCUT2D eigenvalue weighted by molar-refractivity contribution is 7.57. The van der Waals surface area contributed by atoms with Gasteiger partial charge in [0.25, 0.3) is 7.52 Å². The van der Waals surface area contributed by atoms with Crippen LogP contribution in [0.2, 0.25) is 0 Å². The van der Waals surface area contributed by atoms with Crippen LogP contribution in [0.1, 0.15) is 60.3 Å². The molecule has 0 rings (SSSR count). The van der Waals surface area contributed by atoms with Crippen LogP contribution in [-0.4, -0.2) is 32.4 Å². The van der Waals surface area contributed by atoms with Crippen LogP contribution in [0, 0.1) is 5.41 Å². The van der Waals surface area contributed by atoms with E-state index in [1.165, 1.54) is 12.8 Å². The summed E-state index contributed by atoms with van der Waals surface area (Å²) in [6.45, 7) is 11.4. The Labute approximate surface area is 125 Å². The molecule has 4 nitrogen and oxygen atoms in total. The van der Waals surface area contributed by atoms with Crippen LogP contribution in [0.3, 0.4) is 0 Å². The third kappa shape index (κ3) is 6.71. The number of unbranched alkanes of at least 4 members (excludes halogenated alkanes) is 2. The van der Waals surface area contributed by atoms with Gasteiger partial charge in [-0.3, -0.25) is 4.57 Å². The van der Waals surface area contributed by atoms with Crippen LogP contribution in [-0.2, 0) is 9.09 Å². The van der Waals surface area contributed by atoms with E-state index in [1.54, 1.807) is 7.11 Å². The maximum Gasteiger partial charge on any atom is 0.272 e. The molecule has 0 aliphatic rings. The number of hydrogen-bond acceptors (Lipinski definition) is 3. The van der Waals surface area contributed by atoms with Crippen molar-refractivity contribution < 1.29 is 9.09 Å². The zero-order valence-electron chi connectivity index (χ0n) is 14.5. The lowest BCUT2D eigenvalue weighted by Gasteiger charge is -2.33. The Morgan fingerprint density at radius 1 is 1.25 bits per heavy atom. The van der Waals surface area contributed by atoms with Gasteiger partial charge in [0.05, 0.1) is 0 Å². The van der Waals surface area contributed by atoms with Crippen LogP contribution >= 0.6 is 7.52 Å². The summed E-state index contributed by atoms with van der Waals surface area (Å²) in [4.78, 5) is 0. The molecule has 5 heteroatoms. The SMILES string of the molecule is CCCCCC(C)P(=O)(NCC(NC)C(C)(C)C)OC. The molecular weight excluding hydrogens is 271 g/mol. The van der Waals surface area contributed by atoms with Gasteiger partial charge in [0.15, 0.2) is 0 Å². The van der Waals surface area contributed by atoms with E-state index in [0.29, 0.717) is 6.54 Å². The predicted octanol–water partition coefficient (Wildman–Crippen LogP) is 4.02. The van der Waals surface area contributed by atoms with Crippen molar-refractivity contribution in [3.63, 3.8) is 0 Å². The maximum absolute atomic E-state index is 12.9. The molecule has 2 N–H and O–H groups in total. The Kier molecular flexibility index (Phi) is 9.24. The van der Waals surface area contributed by atoms with Gasteiger partial charge in [0.1, 0.15) is 0 Å². The quantitative estimate of drug-likeness (QED) is 0.473. The van der Waals surface area contributed by atoms with Gasteiger partial charge in [-0.25, -0.2) is 5.09 Å². The molecule has 0 saturated carbocycles. The summed E-state index contributed by atoms with van der Waals surface area (Å²) in [5.74, 6) is 0. The zero-order chi connectivity index (χ0) is 15.8. The highest BCUT2D eigenvalue weighted by Crippen LogP contribution is 2.48. The molecule has 0 saturated heterocycles. The smallest absolute Gasteiger partial charge is 0.272 e. The van der Waals surface area contributed by atoms with E-state index in [2.05, 4.69) is 38.1 Å². The first-order chi connectivity index (χ1) is 9.21. The van der Waals surface area contributed by atoms with E-state index < -0.39 is 7.52 Å². The number of nitrogens with one attached hydrogen (secondary N) is 2. The van der Waals surface area contributed by atoms with Crippen LogP contribution in [0.15, 0.2) is 0 Å². The molecule has 0 heterocycles. The van der Waals surface area contributed by atoms with Gasteiger partial charge in [-0.05, 0) is 18.9 Å². The molecule has 0 aromatic heterocycles. The molecule has 0 aromatic carbocycles. The van der Waals surface area contributed by atoms with E-state index >= 15 is 0 Å². The van der Waals surface area contributed by atoms with Crippen LogP contribution in [0.4, 0.5) is 0 Å². The molecular formula is C15H35N2O2P. The highest BCUT2D eigenvalue weighted by Gasteiger charge is 2.32. The predicted molar refractivity (Wildman–Crippen MR) is 88.5 cm³/mol. The van der Waals surface area contributed by atoms with Crippen molar-refractivity contribution in [2.75, 3.05) is 20.7 Å². The molecule has 0 spiro atoms. The van der Waals surface area contributed by atoms with Crippen molar-refractivity contribution >= 4 is 7.52 Å². The average Bonchev–Trinajstić information content (AvgIpc) is 2.37. The van der Waals surface area contributed by atoms with Crippen molar-refractivity contribution in [2.45, 2.75) is 72.0 Å². The van der Waals surface area contributed by atoms with Gasteiger partial charge >= 0.3 is 0 Å². The number of likely N-dealkylation sites (N-methyl/N-ethyl adjacent to an activating group) is 1. The molecule has 122 valence electrons. The zero-order valence-corrected chi connectivity index (χ0v) is 15.3. The minimum Gasteiger partial charge on any atom is -0.321 e. The second-order valence-corrected chi connectivity index (χ2v) is 9.45. The first-order valence-electron chi connectivity index (χ1n) is 7.79. The van der Waals surface area contributed by atoms with Crippen LogP contribution in [0.5, 0.6) is 0 Å². The molecule has 3 unspecified atom stereocenters. The lowest BCUT2D eigenvalue weighted by atomic mass is 9.87. The number of rotatable bonds is 10. The van der Waals surface area contributed by atoms with Crippen molar-refractivity contribution in [3.05, 3.63) is 0 Å². The molecule has 0 aliphatic heterocycles. The maximum atomic E-state index is 12.9. The highest BCUT2D eigenvalue weighted by atomic mass is 31.2. The van der Waals surface area contributed by atoms with Crippen molar-refractivity contribution in [3.8, 4) is 0 Å². The lowest BCUT2D eigenvalue weighted by Crippen LogP contribution is -2.45. The Bertz CT molecular complexity index is 303.